The summed E-state index contributed by atoms with van der Waals surface area (Å²) in [6.45, 7) is 8.97. The van der Waals surface area contributed by atoms with Crippen molar-refractivity contribution < 1.29 is 14.3 Å². The Morgan fingerprint density at radius 1 is 0.857 bits per heavy atom. The molecule has 3 heteroatoms. The molecule has 0 fully saturated rings. The molecule has 0 N–H and O–H groups in total. The average Bonchev–Trinajstić information content (AvgIpc) is 2.90. The first kappa shape index (κ1) is 26.3. The van der Waals surface area contributed by atoms with E-state index in [0.717, 1.165) is 54.9 Å². The number of hydrogen-bond donors (Lipinski definition) is 0. The highest BCUT2D eigenvalue weighted by molar-refractivity contribution is 5.91. The van der Waals surface area contributed by atoms with Crippen LogP contribution in [0, 0.1) is 5.92 Å². The summed E-state index contributed by atoms with van der Waals surface area (Å²) in [6.07, 6.45) is 9.85. The summed E-state index contributed by atoms with van der Waals surface area (Å²) in [4.78, 5) is 12.6. The number of rotatable bonds is 14. The van der Waals surface area contributed by atoms with Crippen molar-refractivity contribution in [2.45, 2.75) is 58.8 Å². The fourth-order valence-corrected chi connectivity index (χ4v) is 3.81. The fourth-order valence-electron chi connectivity index (χ4n) is 3.81. The van der Waals surface area contributed by atoms with E-state index < -0.39 is 0 Å². The SMILES string of the molecule is C=CCCCCCOc1ccc(OC(=O)c2ccc(-c3ccc(CC[C@@H](C)CC)cc3)cc2)cc1. The van der Waals surface area contributed by atoms with E-state index in [1.54, 1.807) is 12.1 Å². The monoisotopic (exact) mass is 470 g/mol. The fraction of sp³-hybridized carbons (Fsp3) is 0.344. The third-order valence-electron chi connectivity index (χ3n) is 6.39. The van der Waals surface area contributed by atoms with Crippen molar-refractivity contribution in [3.63, 3.8) is 0 Å². The molecule has 0 amide bonds. The number of aryl methyl sites for hydroxylation is 1. The maximum Gasteiger partial charge on any atom is 0.343 e. The van der Waals surface area contributed by atoms with Crippen LogP contribution in [-0.4, -0.2) is 12.6 Å². The second kappa shape index (κ2) is 14.2. The van der Waals surface area contributed by atoms with Gasteiger partial charge in [-0.25, -0.2) is 4.79 Å². The summed E-state index contributed by atoms with van der Waals surface area (Å²) in [5.41, 5.74) is 4.13. The van der Waals surface area contributed by atoms with Gasteiger partial charge in [0.15, 0.2) is 0 Å². The van der Waals surface area contributed by atoms with Gasteiger partial charge in [0.25, 0.3) is 0 Å². The summed E-state index contributed by atoms with van der Waals surface area (Å²) < 4.78 is 11.3. The number of carbonyl (C=O) groups excluding carboxylic acids is 1. The Balaban J connectivity index is 1.48. The number of unbranched alkanes of at least 4 members (excludes halogenated alkanes) is 3. The van der Waals surface area contributed by atoms with Crippen molar-refractivity contribution >= 4 is 5.97 Å². The topological polar surface area (TPSA) is 35.5 Å². The number of allylic oxidation sites excluding steroid dienone is 1. The highest BCUT2D eigenvalue weighted by Crippen LogP contribution is 2.23. The Morgan fingerprint density at radius 3 is 2.11 bits per heavy atom. The molecule has 0 unspecified atom stereocenters. The normalized spacial score (nSPS) is 11.6. The van der Waals surface area contributed by atoms with E-state index in [-0.39, 0.29) is 5.97 Å². The number of hydrogen-bond acceptors (Lipinski definition) is 3. The largest absolute Gasteiger partial charge is 0.494 e. The van der Waals surface area contributed by atoms with Gasteiger partial charge in [0.2, 0.25) is 0 Å². The highest BCUT2D eigenvalue weighted by atomic mass is 16.5. The van der Waals surface area contributed by atoms with Gasteiger partial charge in [-0.05, 0) is 97.5 Å². The van der Waals surface area contributed by atoms with E-state index in [2.05, 4.69) is 44.7 Å². The van der Waals surface area contributed by atoms with Crippen molar-refractivity contribution in [3.05, 3.63) is 96.6 Å². The first-order chi connectivity index (χ1) is 17.1. The minimum Gasteiger partial charge on any atom is -0.494 e. The lowest BCUT2D eigenvalue weighted by atomic mass is 9.97. The molecular weight excluding hydrogens is 432 g/mol. The molecule has 0 aliphatic rings. The standard InChI is InChI=1S/C32H38O3/c1-4-6-7-8-9-24-34-30-20-22-31(23-21-30)35-32(33)29-18-16-28(17-19-29)27-14-12-26(13-15-27)11-10-25(3)5-2/h4,12-23,25H,1,5-11,24H2,2-3H3/t25-/m0/s1. The Kier molecular flexibility index (Phi) is 10.6. The van der Waals surface area contributed by atoms with Gasteiger partial charge in [-0.2, -0.15) is 0 Å². The van der Waals surface area contributed by atoms with Crippen LogP contribution in [0.3, 0.4) is 0 Å². The molecular formula is C32H38O3. The summed E-state index contributed by atoms with van der Waals surface area (Å²) in [5, 5.41) is 0. The second-order valence-corrected chi connectivity index (χ2v) is 9.17. The molecule has 3 nitrogen and oxygen atoms in total. The molecule has 35 heavy (non-hydrogen) atoms. The zero-order valence-corrected chi connectivity index (χ0v) is 21.2. The van der Waals surface area contributed by atoms with E-state index in [9.17, 15) is 4.79 Å². The van der Waals surface area contributed by atoms with Gasteiger partial charge in [-0.3, -0.25) is 0 Å². The Bertz CT molecular complexity index is 1030. The van der Waals surface area contributed by atoms with Crippen LogP contribution in [0.4, 0.5) is 0 Å². The number of carbonyl (C=O) groups is 1. The predicted octanol–water partition coefficient (Wildman–Crippen LogP) is 8.68. The van der Waals surface area contributed by atoms with Gasteiger partial charge < -0.3 is 9.47 Å². The van der Waals surface area contributed by atoms with E-state index in [1.165, 1.54) is 18.4 Å². The van der Waals surface area contributed by atoms with E-state index in [0.29, 0.717) is 17.9 Å². The third-order valence-corrected chi connectivity index (χ3v) is 6.39. The summed E-state index contributed by atoms with van der Waals surface area (Å²) >= 11 is 0. The highest BCUT2D eigenvalue weighted by Gasteiger charge is 2.10. The molecule has 3 aromatic carbocycles. The average molecular weight is 471 g/mol. The summed E-state index contributed by atoms with van der Waals surface area (Å²) in [7, 11) is 0. The minimum atomic E-state index is -0.368. The first-order valence-electron chi connectivity index (χ1n) is 12.8. The Hall–Kier alpha value is -3.33. The van der Waals surface area contributed by atoms with Gasteiger partial charge in [-0.15, -0.1) is 6.58 Å². The molecule has 3 aromatic rings. The molecule has 0 radical (unpaired) electrons. The molecule has 184 valence electrons. The van der Waals surface area contributed by atoms with Crippen LogP contribution in [-0.2, 0) is 6.42 Å². The lowest BCUT2D eigenvalue weighted by Crippen LogP contribution is -2.08. The zero-order chi connectivity index (χ0) is 24.9. The Labute approximate surface area is 210 Å². The molecule has 0 bridgehead atoms. The molecule has 0 saturated heterocycles. The molecule has 1 atom stereocenters. The van der Waals surface area contributed by atoms with Gasteiger partial charge >= 0.3 is 5.97 Å². The van der Waals surface area contributed by atoms with Gasteiger partial charge in [0.05, 0.1) is 12.2 Å². The lowest BCUT2D eigenvalue weighted by Gasteiger charge is -2.09. The predicted molar refractivity (Wildman–Crippen MR) is 145 cm³/mol. The maximum absolute atomic E-state index is 12.6. The van der Waals surface area contributed by atoms with Crippen LogP contribution in [0.2, 0.25) is 0 Å². The van der Waals surface area contributed by atoms with Crippen molar-refractivity contribution in [3.8, 4) is 22.6 Å². The lowest BCUT2D eigenvalue weighted by molar-refractivity contribution is 0.0734. The van der Waals surface area contributed by atoms with Crippen LogP contribution in [0.5, 0.6) is 11.5 Å². The van der Waals surface area contributed by atoms with Crippen molar-refractivity contribution in [1.82, 2.24) is 0 Å². The van der Waals surface area contributed by atoms with Crippen molar-refractivity contribution in [1.29, 1.82) is 0 Å². The quantitative estimate of drug-likeness (QED) is 0.102. The molecule has 0 spiro atoms. The van der Waals surface area contributed by atoms with Gasteiger partial charge in [-0.1, -0.05) is 62.7 Å². The molecule has 0 heterocycles. The van der Waals surface area contributed by atoms with Crippen LogP contribution in [0.1, 0.15) is 68.3 Å². The first-order valence-corrected chi connectivity index (χ1v) is 12.8. The summed E-state index contributed by atoms with van der Waals surface area (Å²) in [5.74, 6) is 1.68. The van der Waals surface area contributed by atoms with Crippen LogP contribution in [0.15, 0.2) is 85.5 Å². The van der Waals surface area contributed by atoms with Gasteiger partial charge in [0, 0.05) is 0 Å². The molecule has 0 aromatic heterocycles. The van der Waals surface area contributed by atoms with Crippen LogP contribution < -0.4 is 9.47 Å². The summed E-state index contributed by atoms with van der Waals surface area (Å²) in [6, 6.07) is 23.5. The van der Waals surface area contributed by atoms with Crippen LogP contribution in [0.25, 0.3) is 11.1 Å². The molecule has 0 aliphatic heterocycles. The molecule has 0 saturated carbocycles. The van der Waals surface area contributed by atoms with Crippen molar-refractivity contribution in [2.75, 3.05) is 6.61 Å². The minimum absolute atomic E-state index is 0.368. The smallest absolute Gasteiger partial charge is 0.343 e. The molecule has 0 aliphatic carbocycles. The maximum atomic E-state index is 12.6. The van der Waals surface area contributed by atoms with Crippen molar-refractivity contribution in [2.24, 2.45) is 5.92 Å². The van der Waals surface area contributed by atoms with Crippen LogP contribution >= 0.6 is 0 Å². The number of benzene rings is 3. The van der Waals surface area contributed by atoms with E-state index in [4.69, 9.17) is 9.47 Å². The zero-order valence-electron chi connectivity index (χ0n) is 21.2. The second-order valence-electron chi connectivity index (χ2n) is 9.17. The van der Waals surface area contributed by atoms with Gasteiger partial charge in [0.1, 0.15) is 11.5 Å². The number of esters is 1. The molecule has 3 rings (SSSR count). The Morgan fingerprint density at radius 2 is 1.49 bits per heavy atom. The van der Waals surface area contributed by atoms with E-state index in [1.807, 2.05) is 42.5 Å². The van der Waals surface area contributed by atoms with E-state index >= 15 is 0 Å². The third kappa shape index (κ3) is 8.75. The number of ether oxygens (including phenoxy) is 2.